The van der Waals surface area contributed by atoms with E-state index in [-0.39, 0.29) is 11.9 Å². The topological polar surface area (TPSA) is 63.1 Å². The molecule has 1 saturated heterocycles. The van der Waals surface area contributed by atoms with E-state index in [0.717, 1.165) is 25.1 Å². The molecule has 1 aliphatic heterocycles. The Kier molecular flexibility index (Phi) is 4.98. The number of rotatable bonds is 4. The molecule has 3 heterocycles. The summed E-state index contributed by atoms with van der Waals surface area (Å²) >= 11 is 0. The van der Waals surface area contributed by atoms with Crippen LogP contribution in [-0.4, -0.2) is 45.0 Å². The van der Waals surface area contributed by atoms with Crippen LogP contribution in [0.4, 0.5) is 0 Å². The lowest BCUT2D eigenvalue weighted by Gasteiger charge is -2.36. The number of nitrogens with zero attached hydrogens (tertiary/aromatic N) is 4. The van der Waals surface area contributed by atoms with Crippen molar-refractivity contribution in [2.24, 2.45) is 0 Å². The minimum absolute atomic E-state index is 0.0296. The summed E-state index contributed by atoms with van der Waals surface area (Å²) in [6, 6.07) is 12.2. The van der Waals surface area contributed by atoms with Crippen molar-refractivity contribution in [1.29, 1.82) is 0 Å². The molecule has 1 aromatic carbocycles. The number of aryl methyl sites for hydroxylation is 1. The van der Waals surface area contributed by atoms with Gasteiger partial charge in [-0.3, -0.25) is 9.36 Å². The molecule has 0 spiro atoms. The molecule has 4 rings (SSSR count). The van der Waals surface area contributed by atoms with Gasteiger partial charge in [0.05, 0.1) is 6.04 Å². The number of carbonyl (C=O) groups is 1. The normalized spacial score (nSPS) is 17.1. The highest BCUT2D eigenvalue weighted by Gasteiger charge is 2.28. The first-order chi connectivity index (χ1) is 13.3. The maximum absolute atomic E-state index is 13.3. The number of piperazine rings is 1. The number of pyridine rings is 1. The Balaban J connectivity index is 1.61. The Morgan fingerprint density at radius 3 is 2.81 bits per heavy atom. The molecule has 1 fully saturated rings. The average Bonchev–Trinajstić information content (AvgIpc) is 3.28. The molecule has 0 saturated carbocycles. The fourth-order valence-corrected chi connectivity index (χ4v) is 3.47. The van der Waals surface area contributed by atoms with Gasteiger partial charge in [-0.1, -0.05) is 31.2 Å². The zero-order valence-corrected chi connectivity index (χ0v) is 15.4. The SMILES string of the molecule is CCc1ccc(C2CNCCN2C(=O)c2ccnc(-n3ccnc3)c2)cc1. The van der Waals surface area contributed by atoms with Crippen LogP contribution in [0.1, 0.15) is 34.5 Å². The highest BCUT2D eigenvalue weighted by atomic mass is 16.2. The van der Waals surface area contributed by atoms with Gasteiger partial charge in [0.1, 0.15) is 12.1 Å². The predicted molar refractivity (Wildman–Crippen MR) is 104 cm³/mol. The summed E-state index contributed by atoms with van der Waals surface area (Å²) in [5.74, 6) is 0.724. The van der Waals surface area contributed by atoms with Crippen LogP contribution in [0.5, 0.6) is 0 Å². The van der Waals surface area contributed by atoms with E-state index in [1.165, 1.54) is 5.56 Å². The molecule has 1 amide bonds. The van der Waals surface area contributed by atoms with E-state index < -0.39 is 0 Å². The third-order valence-corrected chi connectivity index (χ3v) is 5.04. The molecule has 6 heteroatoms. The minimum atomic E-state index is 0.0296. The number of amides is 1. The average molecular weight is 361 g/mol. The number of carbonyl (C=O) groups excluding carboxylic acids is 1. The summed E-state index contributed by atoms with van der Waals surface area (Å²) in [6.07, 6.45) is 7.89. The van der Waals surface area contributed by atoms with Gasteiger partial charge in [-0.05, 0) is 29.7 Å². The third kappa shape index (κ3) is 3.61. The molecule has 6 nitrogen and oxygen atoms in total. The quantitative estimate of drug-likeness (QED) is 0.776. The van der Waals surface area contributed by atoms with E-state index in [2.05, 4.69) is 46.5 Å². The zero-order chi connectivity index (χ0) is 18.6. The van der Waals surface area contributed by atoms with Gasteiger partial charge in [0.25, 0.3) is 5.91 Å². The summed E-state index contributed by atoms with van der Waals surface area (Å²) in [4.78, 5) is 23.6. The van der Waals surface area contributed by atoms with Gasteiger partial charge in [0.15, 0.2) is 0 Å². The van der Waals surface area contributed by atoms with Gasteiger partial charge in [-0.2, -0.15) is 0 Å². The van der Waals surface area contributed by atoms with Gasteiger partial charge in [0, 0.05) is 43.8 Å². The van der Waals surface area contributed by atoms with Gasteiger partial charge in [-0.25, -0.2) is 9.97 Å². The maximum atomic E-state index is 13.3. The first kappa shape index (κ1) is 17.4. The number of imidazole rings is 1. The third-order valence-electron chi connectivity index (χ3n) is 5.04. The highest BCUT2D eigenvalue weighted by Crippen LogP contribution is 2.25. The molecule has 1 N–H and O–H groups in total. The number of benzene rings is 1. The largest absolute Gasteiger partial charge is 0.329 e. The molecule has 138 valence electrons. The van der Waals surface area contributed by atoms with Crippen LogP contribution in [0.25, 0.3) is 5.82 Å². The molecule has 0 radical (unpaired) electrons. The first-order valence-corrected chi connectivity index (χ1v) is 9.31. The lowest BCUT2D eigenvalue weighted by Crippen LogP contribution is -2.48. The van der Waals surface area contributed by atoms with Crippen molar-refractivity contribution in [3.8, 4) is 5.82 Å². The Labute approximate surface area is 158 Å². The second kappa shape index (κ2) is 7.72. The molecule has 1 atom stereocenters. The van der Waals surface area contributed by atoms with Crippen LogP contribution in [0.15, 0.2) is 61.3 Å². The Hall–Kier alpha value is -2.99. The molecular weight excluding hydrogens is 338 g/mol. The fraction of sp³-hybridized carbons (Fsp3) is 0.286. The number of aromatic nitrogens is 3. The Morgan fingerprint density at radius 2 is 2.07 bits per heavy atom. The highest BCUT2D eigenvalue weighted by molar-refractivity contribution is 5.95. The monoisotopic (exact) mass is 361 g/mol. The van der Waals surface area contributed by atoms with Crippen LogP contribution >= 0.6 is 0 Å². The van der Waals surface area contributed by atoms with Crippen LogP contribution in [0.3, 0.4) is 0 Å². The van der Waals surface area contributed by atoms with Crippen molar-refractivity contribution in [2.75, 3.05) is 19.6 Å². The van der Waals surface area contributed by atoms with Crippen LogP contribution < -0.4 is 5.32 Å². The number of hydrogen-bond donors (Lipinski definition) is 1. The summed E-state index contributed by atoms with van der Waals surface area (Å²) in [7, 11) is 0. The fourth-order valence-electron chi connectivity index (χ4n) is 3.47. The molecule has 1 aliphatic rings. The summed E-state index contributed by atoms with van der Waals surface area (Å²) in [5.41, 5.74) is 3.11. The van der Waals surface area contributed by atoms with Crippen molar-refractivity contribution in [3.05, 3.63) is 78.0 Å². The van der Waals surface area contributed by atoms with Gasteiger partial charge in [0.2, 0.25) is 0 Å². The number of hydrogen-bond acceptors (Lipinski definition) is 4. The predicted octanol–water partition coefficient (Wildman–Crippen LogP) is 2.62. The lowest BCUT2D eigenvalue weighted by molar-refractivity contribution is 0.0634. The second-order valence-electron chi connectivity index (χ2n) is 6.69. The molecule has 0 aliphatic carbocycles. The molecule has 2 aromatic heterocycles. The van der Waals surface area contributed by atoms with Crippen LogP contribution in [0.2, 0.25) is 0 Å². The van der Waals surface area contributed by atoms with Crippen molar-refractivity contribution in [1.82, 2.24) is 24.8 Å². The standard InChI is InChI=1S/C21H23N5O/c1-2-16-3-5-17(6-4-16)19-14-22-10-12-26(19)21(27)18-7-8-24-20(13-18)25-11-9-23-15-25/h3-9,11,13,15,19,22H,2,10,12,14H2,1H3. The zero-order valence-electron chi connectivity index (χ0n) is 15.4. The lowest BCUT2D eigenvalue weighted by atomic mass is 10.00. The Bertz CT molecular complexity index is 905. The molecule has 0 bridgehead atoms. The summed E-state index contributed by atoms with van der Waals surface area (Å²) in [6.45, 7) is 4.39. The van der Waals surface area contributed by atoms with E-state index in [1.54, 1.807) is 29.4 Å². The van der Waals surface area contributed by atoms with Crippen LogP contribution in [-0.2, 0) is 6.42 Å². The van der Waals surface area contributed by atoms with Gasteiger partial charge < -0.3 is 10.2 Å². The van der Waals surface area contributed by atoms with E-state index in [0.29, 0.717) is 17.9 Å². The van der Waals surface area contributed by atoms with Crippen molar-refractivity contribution < 1.29 is 4.79 Å². The van der Waals surface area contributed by atoms with E-state index in [9.17, 15) is 4.79 Å². The van der Waals surface area contributed by atoms with Crippen LogP contribution in [0, 0.1) is 0 Å². The first-order valence-electron chi connectivity index (χ1n) is 9.31. The summed E-state index contributed by atoms with van der Waals surface area (Å²) < 4.78 is 1.80. The molecule has 3 aromatic rings. The van der Waals surface area contributed by atoms with Crippen molar-refractivity contribution in [2.45, 2.75) is 19.4 Å². The van der Waals surface area contributed by atoms with Gasteiger partial charge >= 0.3 is 0 Å². The minimum Gasteiger partial charge on any atom is -0.329 e. The van der Waals surface area contributed by atoms with E-state index in [4.69, 9.17) is 0 Å². The number of nitrogens with one attached hydrogen (secondary N) is 1. The maximum Gasteiger partial charge on any atom is 0.254 e. The van der Waals surface area contributed by atoms with E-state index >= 15 is 0 Å². The molecule has 1 unspecified atom stereocenters. The molecular formula is C21H23N5O. The molecule has 27 heavy (non-hydrogen) atoms. The Morgan fingerprint density at radius 1 is 1.22 bits per heavy atom. The van der Waals surface area contributed by atoms with Crippen molar-refractivity contribution in [3.63, 3.8) is 0 Å². The van der Waals surface area contributed by atoms with Gasteiger partial charge in [-0.15, -0.1) is 0 Å². The summed E-state index contributed by atoms with van der Waals surface area (Å²) in [5, 5.41) is 3.41. The van der Waals surface area contributed by atoms with E-state index in [1.807, 2.05) is 17.2 Å². The second-order valence-corrected chi connectivity index (χ2v) is 6.69. The van der Waals surface area contributed by atoms with Crippen molar-refractivity contribution >= 4 is 5.91 Å². The smallest absolute Gasteiger partial charge is 0.254 e.